The van der Waals surface area contributed by atoms with E-state index in [0.717, 1.165) is 12.2 Å². The molecule has 0 heterocycles. The van der Waals surface area contributed by atoms with Gasteiger partial charge in [0, 0.05) is 25.7 Å². The van der Waals surface area contributed by atoms with Gasteiger partial charge in [-0.25, -0.2) is 0 Å². The van der Waals surface area contributed by atoms with Gasteiger partial charge in [0.05, 0.1) is 6.61 Å². The largest absolute Gasteiger partial charge is 0.491 e. The lowest BCUT2D eigenvalue weighted by atomic mass is 10.1. The molecular weight excluding hydrogens is 268 g/mol. The van der Waals surface area contributed by atoms with Crippen LogP contribution >= 0.6 is 0 Å². The Bertz CT molecular complexity index is 393. The average Bonchev–Trinajstić information content (AvgIpc) is 2.50. The van der Waals surface area contributed by atoms with Crippen LogP contribution < -0.4 is 15.8 Å². The van der Waals surface area contributed by atoms with Crippen molar-refractivity contribution in [2.75, 3.05) is 33.4 Å². The molecule has 0 aliphatic carbocycles. The lowest BCUT2D eigenvalue weighted by Crippen LogP contribution is -2.49. The summed E-state index contributed by atoms with van der Waals surface area (Å²) in [6, 6.07) is 7.84. The number of nitrogens with two attached hydrogens (primary N) is 1. The second-order valence-corrected chi connectivity index (χ2v) is 5.82. The van der Waals surface area contributed by atoms with Crippen LogP contribution in [0.2, 0.25) is 0 Å². The van der Waals surface area contributed by atoms with Gasteiger partial charge in [0.25, 0.3) is 0 Å². The molecule has 1 aromatic carbocycles. The molecule has 5 nitrogen and oxygen atoms in total. The third-order valence-electron chi connectivity index (χ3n) is 3.29. The third kappa shape index (κ3) is 7.43. The zero-order valence-corrected chi connectivity index (χ0v) is 13.3. The highest BCUT2D eigenvalue weighted by molar-refractivity contribution is 5.27. The Balaban J connectivity index is 2.31. The first-order valence-corrected chi connectivity index (χ1v) is 7.30. The molecule has 5 heteroatoms. The highest BCUT2D eigenvalue weighted by Gasteiger charge is 2.16. The Hall–Kier alpha value is -1.14. The minimum atomic E-state index is -0.566. The topological polar surface area (TPSA) is 76.7 Å². The van der Waals surface area contributed by atoms with Crippen molar-refractivity contribution in [2.24, 2.45) is 5.73 Å². The van der Waals surface area contributed by atoms with Crippen molar-refractivity contribution >= 4 is 0 Å². The number of benzene rings is 1. The van der Waals surface area contributed by atoms with E-state index in [1.165, 1.54) is 5.56 Å². The van der Waals surface area contributed by atoms with E-state index in [4.69, 9.17) is 15.2 Å². The van der Waals surface area contributed by atoms with Crippen molar-refractivity contribution in [1.82, 2.24) is 5.32 Å². The highest BCUT2D eigenvalue weighted by Crippen LogP contribution is 2.13. The number of aliphatic hydroxyl groups is 1. The maximum Gasteiger partial charge on any atom is 0.119 e. The van der Waals surface area contributed by atoms with Crippen LogP contribution in [-0.4, -0.2) is 50.2 Å². The summed E-state index contributed by atoms with van der Waals surface area (Å²) in [6.07, 6.45) is 0.321. The Morgan fingerprint density at radius 2 is 1.95 bits per heavy atom. The quantitative estimate of drug-likeness (QED) is 0.599. The Morgan fingerprint density at radius 3 is 2.52 bits per heavy atom. The molecular formula is C16H28N2O3. The van der Waals surface area contributed by atoms with E-state index in [0.29, 0.717) is 19.7 Å². The fraction of sp³-hybridized carbons (Fsp3) is 0.625. The SMILES string of the molecule is COCCc1ccc(OC[C@@H](O)CNC(C)(C)CN)cc1. The predicted octanol–water partition coefficient (Wildman–Crippen LogP) is 0.942. The van der Waals surface area contributed by atoms with Crippen LogP contribution in [0.25, 0.3) is 0 Å². The fourth-order valence-corrected chi connectivity index (χ4v) is 1.69. The van der Waals surface area contributed by atoms with Gasteiger partial charge < -0.3 is 25.6 Å². The van der Waals surface area contributed by atoms with Crippen LogP contribution in [0.15, 0.2) is 24.3 Å². The lowest BCUT2D eigenvalue weighted by Gasteiger charge is -2.26. The number of aliphatic hydroxyl groups excluding tert-OH is 1. The van der Waals surface area contributed by atoms with E-state index < -0.39 is 6.10 Å². The number of nitrogens with one attached hydrogen (secondary N) is 1. The van der Waals surface area contributed by atoms with E-state index in [1.807, 2.05) is 38.1 Å². The van der Waals surface area contributed by atoms with E-state index in [-0.39, 0.29) is 12.1 Å². The van der Waals surface area contributed by atoms with Crippen molar-refractivity contribution in [2.45, 2.75) is 31.9 Å². The molecule has 0 saturated heterocycles. The molecule has 0 saturated carbocycles. The highest BCUT2D eigenvalue weighted by atomic mass is 16.5. The molecule has 0 amide bonds. The standard InChI is InChI=1S/C16H28N2O3/c1-16(2,12-17)18-10-14(19)11-21-15-6-4-13(5-7-15)8-9-20-3/h4-7,14,18-19H,8-12,17H2,1-3H3/t14-/m0/s1. The van der Waals surface area contributed by atoms with Crippen molar-refractivity contribution in [3.05, 3.63) is 29.8 Å². The van der Waals surface area contributed by atoms with E-state index in [1.54, 1.807) is 7.11 Å². The molecule has 0 radical (unpaired) electrons. The summed E-state index contributed by atoms with van der Waals surface area (Å²) in [5.74, 6) is 0.758. The van der Waals surface area contributed by atoms with Crippen LogP contribution in [0.1, 0.15) is 19.4 Å². The van der Waals surface area contributed by atoms with Crippen LogP contribution in [-0.2, 0) is 11.2 Å². The summed E-state index contributed by atoms with van der Waals surface area (Å²) in [5, 5.41) is 13.1. The molecule has 0 aliphatic rings. The van der Waals surface area contributed by atoms with E-state index in [2.05, 4.69) is 5.32 Å². The maximum absolute atomic E-state index is 9.90. The van der Waals surface area contributed by atoms with Crippen molar-refractivity contribution < 1.29 is 14.6 Å². The number of hydrogen-bond donors (Lipinski definition) is 3. The summed E-state index contributed by atoms with van der Waals surface area (Å²) in [6.45, 7) is 5.94. The fourth-order valence-electron chi connectivity index (χ4n) is 1.69. The van der Waals surface area contributed by atoms with Gasteiger partial charge in [0.2, 0.25) is 0 Å². The number of methoxy groups -OCH3 is 1. The van der Waals surface area contributed by atoms with E-state index >= 15 is 0 Å². The van der Waals surface area contributed by atoms with Gasteiger partial charge in [-0.1, -0.05) is 12.1 Å². The number of ether oxygens (including phenoxy) is 2. The molecule has 120 valence electrons. The van der Waals surface area contributed by atoms with Crippen LogP contribution in [0.4, 0.5) is 0 Å². The molecule has 0 unspecified atom stereocenters. The summed E-state index contributed by atoms with van der Waals surface area (Å²) < 4.78 is 10.6. The van der Waals surface area contributed by atoms with Gasteiger partial charge in [-0.15, -0.1) is 0 Å². The zero-order valence-electron chi connectivity index (χ0n) is 13.3. The minimum Gasteiger partial charge on any atom is -0.491 e. The molecule has 21 heavy (non-hydrogen) atoms. The number of rotatable bonds is 10. The molecule has 0 fully saturated rings. The minimum absolute atomic E-state index is 0.177. The Labute approximate surface area is 127 Å². The second kappa shape index (κ2) is 9.00. The molecule has 0 aliphatic heterocycles. The van der Waals surface area contributed by atoms with Crippen molar-refractivity contribution in [3.63, 3.8) is 0 Å². The first-order valence-electron chi connectivity index (χ1n) is 7.30. The Morgan fingerprint density at radius 1 is 1.29 bits per heavy atom. The average molecular weight is 296 g/mol. The van der Waals surface area contributed by atoms with Crippen molar-refractivity contribution in [1.29, 1.82) is 0 Å². The maximum atomic E-state index is 9.90. The molecule has 0 bridgehead atoms. The molecule has 4 N–H and O–H groups in total. The predicted molar refractivity (Wildman–Crippen MR) is 84.7 cm³/mol. The smallest absolute Gasteiger partial charge is 0.119 e. The van der Waals surface area contributed by atoms with Gasteiger partial charge in [0.15, 0.2) is 0 Å². The summed E-state index contributed by atoms with van der Waals surface area (Å²) in [4.78, 5) is 0. The van der Waals surface area contributed by atoms with Crippen LogP contribution in [0.3, 0.4) is 0 Å². The zero-order chi connectivity index (χ0) is 15.7. The second-order valence-electron chi connectivity index (χ2n) is 5.82. The first-order chi connectivity index (χ1) is 9.96. The van der Waals surface area contributed by atoms with Gasteiger partial charge in [-0.05, 0) is 38.0 Å². The normalized spacial score (nSPS) is 13.2. The summed E-state index contributed by atoms with van der Waals surface area (Å²) >= 11 is 0. The van der Waals surface area contributed by atoms with Crippen LogP contribution in [0.5, 0.6) is 5.75 Å². The summed E-state index contributed by atoms with van der Waals surface area (Å²) in [5.41, 5.74) is 6.65. The number of β-amino-alcohol motifs (C(OH)–C–C–N with tert-alkyl or cyclic N) is 1. The van der Waals surface area contributed by atoms with Crippen LogP contribution in [0, 0.1) is 0 Å². The summed E-state index contributed by atoms with van der Waals surface area (Å²) in [7, 11) is 1.69. The van der Waals surface area contributed by atoms with Gasteiger partial charge in [-0.3, -0.25) is 0 Å². The van der Waals surface area contributed by atoms with E-state index in [9.17, 15) is 5.11 Å². The monoisotopic (exact) mass is 296 g/mol. The third-order valence-corrected chi connectivity index (χ3v) is 3.29. The van der Waals surface area contributed by atoms with Gasteiger partial charge in [-0.2, -0.15) is 0 Å². The lowest BCUT2D eigenvalue weighted by molar-refractivity contribution is 0.0994. The molecule has 0 spiro atoms. The molecule has 1 aromatic rings. The van der Waals surface area contributed by atoms with Gasteiger partial charge >= 0.3 is 0 Å². The van der Waals surface area contributed by atoms with Gasteiger partial charge in [0.1, 0.15) is 18.5 Å². The number of hydrogen-bond acceptors (Lipinski definition) is 5. The van der Waals surface area contributed by atoms with Crippen molar-refractivity contribution in [3.8, 4) is 5.75 Å². The first kappa shape index (κ1) is 17.9. The Kier molecular flexibility index (Phi) is 7.67. The molecule has 0 aromatic heterocycles. The molecule has 1 rings (SSSR count). The molecule has 1 atom stereocenters.